The Morgan fingerprint density at radius 2 is 1.81 bits per heavy atom. The number of amides is 1. The van der Waals surface area contributed by atoms with E-state index in [4.69, 9.17) is 11.6 Å². The van der Waals surface area contributed by atoms with Crippen LogP contribution in [0.15, 0.2) is 42.5 Å². The second-order valence-corrected chi connectivity index (χ2v) is 5.46. The zero-order valence-corrected chi connectivity index (χ0v) is 13.2. The van der Waals surface area contributed by atoms with E-state index in [1.807, 2.05) is 63.4 Å². The van der Waals surface area contributed by atoms with E-state index in [1.54, 1.807) is 0 Å². The Kier molecular flexibility index (Phi) is 4.86. The van der Waals surface area contributed by atoms with Gasteiger partial charge in [0.2, 0.25) is 0 Å². The number of anilines is 1. The summed E-state index contributed by atoms with van der Waals surface area (Å²) in [7, 11) is 1.86. The molecule has 21 heavy (non-hydrogen) atoms. The summed E-state index contributed by atoms with van der Waals surface area (Å²) in [6, 6.07) is 13.1. The molecule has 0 spiro atoms. The number of nitrogens with one attached hydrogen (secondary N) is 2. The molecule has 2 N–H and O–H groups in total. The van der Waals surface area contributed by atoms with Crippen LogP contribution in [-0.2, 0) is 0 Å². The third-order valence-electron chi connectivity index (χ3n) is 3.48. The summed E-state index contributed by atoms with van der Waals surface area (Å²) in [6.45, 7) is 3.89. The van der Waals surface area contributed by atoms with Crippen LogP contribution in [0.3, 0.4) is 0 Å². The SMILES string of the molecule is CNc1ccc(C(=O)NC(C)c2ccc(Cl)cc2)c(C)c1. The lowest BCUT2D eigenvalue weighted by Crippen LogP contribution is -2.27. The maximum Gasteiger partial charge on any atom is 0.252 e. The quantitative estimate of drug-likeness (QED) is 0.889. The molecule has 3 nitrogen and oxygen atoms in total. The number of aryl methyl sites for hydroxylation is 1. The molecule has 0 radical (unpaired) electrons. The van der Waals surface area contributed by atoms with Crippen LogP contribution in [0, 0.1) is 6.92 Å². The highest BCUT2D eigenvalue weighted by Gasteiger charge is 2.13. The lowest BCUT2D eigenvalue weighted by molar-refractivity contribution is 0.0939. The van der Waals surface area contributed by atoms with Crippen LogP contribution in [0.5, 0.6) is 0 Å². The average molecular weight is 303 g/mol. The van der Waals surface area contributed by atoms with Crippen molar-refractivity contribution < 1.29 is 4.79 Å². The largest absolute Gasteiger partial charge is 0.388 e. The van der Waals surface area contributed by atoms with Crippen LogP contribution >= 0.6 is 11.6 Å². The highest BCUT2D eigenvalue weighted by Crippen LogP contribution is 2.18. The van der Waals surface area contributed by atoms with E-state index >= 15 is 0 Å². The van der Waals surface area contributed by atoms with Crippen molar-refractivity contribution in [3.63, 3.8) is 0 Å². The normalized spacial score (nSPS) is 11.8. The molecule has 0 heterocycles. The molecule has 2 aromatic rings. The first-order valence-electron chi connectivity index (χ1n) is 6.86. The molecule has 2 aromatic carbocycles. The Morgan fingerprint density at radius 3 is 2.38 bits per heavy atom. The third kappa shape index (κ3) is 3.76. The standard InChI is InChI=1S/C17H19ClN2O/c1-11-10-15(19-3)8-9-16(11)17(21)20-12(2)13-4-6-14(18)7-5-13/h4-10,12,19H,1-3H3,(H,20,21). The predicted octanol–water partition coefficient (Wildman–Crippen LogP) is 4.18. The van der Waals surface area contributed by atoms with Crippen molar-refractivity contribution in [1.82, 2.24) is 5.32 Å². The molecule has 0 aliphatic rings. The Morgan fingerprint density at radius 1 is 1.14 bits per heavy atom. The average Bonchev–Trinajstić information content (AvgIpc) is 2.47. The van der Waals surface area contributed by atoms with Gasteiger partial charge in [-0.2, -0.15) is 0 Å². The lowest BCUT2D eigenvalue weighted by atomic mass is 10.0. The fourth-order valence-electron chi connectivity index (χ4n) is 2.18. The van der Waals surface area contributed by atoms with Gasteiger partial charge in [0.05, 0.1) is 6.04 Å². The smallest absolute Gasteiger partial charge is 0.252 e. The van der Waals surface area contributed by atoms with Gasteiger partial charge in [0.1, 0.15) is 0 Å². The topological polar surface area (TPSA) is 41.1 Å². The van der Waals surface area contributed by atoms with Gasteiger partial charge in [-0.15, -0.1) is 0 Å². The van der Waals surface area contributed by atoms with Gasteiger partial charge in [-0.1, -0.05) is 23.7 Å². The van der Waals surface area contributed by atoms with Crippen LogP contribution in [0.25, 0.3) is 0 Å². The van der Waals surface area contributed by atoms with Crippen molar-refractivity contribution in [3.05, 3.63) is 64.2 Å². The van der Waals surface area contributed by atoms with Crippen LogP contribution in [-0.4, -0.2) is 13.0 Å². The molecule has 1 atom stereocenters. The molecule has 1 amide bonds. The van der Waals surface area contributed by atoms with Crippen molar-refractivity contribution in [2.75, 3.05) is 12.4 Å². The maximum atomic E-state index is 12.4. The highest BCUT2D eigenvalue weighted by atomic mass is 35.5. The van der Waals surface area contributed by atoms with E-state index in [0.717, 1.165) is 16.8 Å². The van der Waals surface area contributed by atoms with Gasteiger partial charge >= 0.3 is 0 Å². The van der Waals surface area contributed by atoms with Crippen molar-refractivity contribution in [1.29, 1.82) is 0 Å². The molecule has 4 heteroatoms. The Hall–Kier alpha value is -2.00. The van der Waals surface area contributed by atoms with Crippen molar-refractivity contribution in [3.8, 4) is 0 Å². The van der Waals surface area contributed by atoms with E-state index in [2.05, 4.69) is 10.6 Å². The molecule has 2 rings (SSSR count). The van der Waals surface area contributed by atoms with Gasteiger partial charge < -0.3 is 10.6 Å². The van der Waals surface area contributed by atoms with E-state index in [0.29, 0.717) is 10.6 Å². The number of rotatable bonds is 4. The summed E-state index contributed by atoms with van der Waals surface area (Å²) in [5.41, 5.74) is 3.66. The van der Waals surface area contributed by atoms with Crippen LogP contribution in [0.2, 0.25) is 5.02 Å². The van der Waals surface area contributed by atoms with Crippen LogP contribution in [0.4, 0.5) is 5.69 Å². The minimum absolute atomic E-state index is 0.0712. The van der Waals surface area contributed by atoms with E-state index in [-0.39, 0.29) is 11.9 Å². The van der Waals surface area contributed by atoms with Crippen molar-refractivity contribution >= 4 is 23.2 Å². The number of carbonyl (C=O) groups excluding carboxylic acids is 1. The number of hydrogen-bond donors (Lipinski definition) is 2. The molecule has 0 fully saturated rings. The molecule has 0 aliphatic carbocycles. The van der Waals surface area contributed by atoms with Gasteiger partial charge in [-0.05, 0) is 55.3 Å². The summed E-state index contributed by atoms with van der Waals surface area (Å²) in [6.07, 6.45) is 0. The zero-order valence-electron chi connectivity index (χ0n) is 12.4. The molecule has 0 saturated carbocycles. The summed E-state index contributed by atoms with van der Waals surface area (Å²) in [4.78, 5) is 12.4. The van der Waals surface area contributed by atoms with Crippen molar-refractivity contribution in [2.45, 2.75) is 19.9 Å². The Bertz CT molecular complexity index is 638. The third-order valence-corrected chi connectivity index (χ3v) is 3.73. The molecule has 0 saturated heterocycles. The molecule has 110 valence electrons. The second-order valence-electron chi connectivity index (χ2n) is 5.03. The molecular weight excluding hydrogens is 284 g/mol. The monoisotopic (exact) mass is 302 g/mol. The Labute approximate surface area is 130 Å². The summed E-state index contributed by atoms with van der Waals surface area (Å²) in [5.74, 6) is -0.0717. The fraction of sp³-hybridized carbons (Fsp3) is 0.235. The summed E-state index contributed by atoms with van der Waals surface area (Å²) < 4.78 is 0. The fourth-order valence-corrected chi connectivity index (χ4v) is 2.31. The van der Waals surface area contributed by atoms with Gasteiger partial charge in [-0.3, -0.25) is 4.79 Å². The number of benzene rings is 2. The first-order valence-corrected chi connectivity index (χ1v) is 7.24. The summed E-state index contributed by atoms with van der Waals surface area (Å²) in [5, 5.41) is 6.76. The summed E-state index contributed by atoms with van der Waals surface area (Å²) >= 11 is 5.87. The number of carbonyl (C=O) groups is 1. The van der Waals surface area contributed by atoms with Gasteiger partial charge in [0.15, 0.2) is 0 Å². The maximum absolute atomic E-state index is 12.4. The molecular formula is C17H19ClN2O. The molecule has 0 bridgehead atoms. The van der Waals surface area contributed by atoms with Gasteiger partial charge in [0.25, 0.3) is 5.91 Å². The van der Waals surface area contributed by atoms with E-state index in [9.17, 15) is 4.79 Å². The Balaban J connectivity index is 2.12. The van der Waals surface area contributed by atoms with Crippen LogP contribution < -0.4 is 10.6 Å². The van der Waals surface area contributed by atoms with Gasteiger partial charge in [0, 0.05) is 23.3 Å². The number of hydrogen-bond acceptors (Lipinski definition) is 2. The molecule has 1 unspecified atom stereocenters. The second kappa shape index (κ2) is 6.64. The van der Waals surface area contributed by atoms with Crippen LogP contribution in [0.1, 0.15) is 34.5 Å². The zero-order chi connectivity index (χ0) is 15.4. The highest BCUT2D eigenvalue weighted by molar-refractivity contribution is 6.30. The molecule has 0 aromatic heterocycles. The minimum Gasteiger partial charge on any atom is -0.388 e. The van der Waals surface area contributed by atoms with E-state index in [1.165, 1.54) is 0 Å². The lowest BCUT2D eigenvalue weighted by Gasteiger charge is -2.16. The van der Waals surface area contributed by atoms with Crippen molar-refractivity contribution in [2.24, 2.45) is 0 Å². The van der Waals surface area contributed by atoms with Gasteiger partial charge in [-0.25, -0.2) is 0 Å². The first-order chi connectivity index (χ1) is 10.0. The number of halogens is 1. The first kappa shape index (κ1) is 15.4. The predicted molar refractivity (Wildman–Crippen MR) is 88.1 cm³/mol. The van der Waals surface area contributed by atoms with E-state index < -0.39 is 0 Å². The minimum atomic E-state index is -0.0717. The molecule has 0 aliphatic heterocycles.